The second-order valence-electron chi connectivity index (χ2n) is 7.11. The first kappa shape index (κ1) is 18.2. The maximum absolute atomic E-state index is 12.7. The van der Waals surface area contributed by atoms with Crippen molar-refractivity contribution in [1.29, 1.82) is 0 Å². The molecule has 25 heavy (non-hydrogen) atoms. The molecule has 2 aliphatic heterocycles. The molecule has 0 unspecified atom stereocenters. The Hall–Kier alpha value is -1.57. The van der Waals surface area contributed by atoms with E-state index in [1.165, 1.54) is 0 Å². The van der Waals surface area contributed by atoms with Gasteiger partial charge in [-0.05, 0) is 19.8 Å². The van der Waals surface area contributed by atoms with Gasteiger partial charge in [0, 0.05) is 64.1 Å². The smallest absolute Gasteiger partial charge is 0.236 e. The molecule has 1 atom stereocenters. The van der Waals surface area contributed by atoms with E-state index in [9.17, 15) is 4.79 Å². The SMILES string of the molecule is Cc1cncc([C@@H]2CCCN(C(=O)CN3CCN(CCO)CC3)C2)n1. The molecule has 1 amide bonds. The van der Waals surface area contributed by atoms with Crippen molar-refractivity contribution < 1.29 is 9.90 Å². The Kier molecular flexibility index (Phi) is 6.34. The summed E-state index contributed by atoms with van der Waals surface area (Å²) in [7, 11) is 0. The van der Waals surface area contributed by atoms with Crippen molar-refractivity contribution in [3.63, 3.8) is 0 Å². The summed E-state index contributed by atoms with van der Waals surface area (Å²) in [5.41, 5.74) is 1.94. The van der Waals surface area contributed by atoms with Gasteiger partial charge in [0.25, 0.3) is 0 Å². The van der Waals surface area contributed by atoms with Gasteiger partial charge in [0.15, 0.2) is 0 Å². The lowest BCUT2D eigenvalue weighted by molar-refractivity contribution is -0.134. The molecule has 0 aromatic carbocycles. The minimum atomic E-state index is 0.204. The average Bonchev–Trinajstić information content (AvgIpc) is 2.64. The number of carbonyl (C=O) groups excluding carboxylic acids is 1. The van der Waals surface area contributed by atoms with Gasteiger partial charge in [0.2, 0.25) is 5.91 Å². The lowest BCUT2D eigenvalue weighted by Crippen LogP contribution is -2.51. The van der Waals surface area contributed by atoms with E-state index in [4.69, 9.17) is 5.11 Å². The van der Waals surface area contributed by atoms with Crippen LogP contribution in [0.3, 0.4) is 0 Å². The topological polar surface area (TPSA) is 72.8 Å². The van der Waals surface area contributed by atoms with Crippen molar-refractivity contribution in [3.05, 3.63) is 23.8 Å². The number of aliphatic hydroxyl groups excluding tert-OH is 1. The largest absolute Gasteiger partial charge is 0.395 e. The lowest BCUT2D eigenvalue weighted by atomic mass is 9.95. The van der Waals surface area contributed by atoms with Crippen LogP contribution in [0.15, 0.2) is 12.4 Å². The number of carbonyl (C=O) groups is 1. The third-order valence-corrected chi connectivity index (χ3v) is 5.21. The number of aliphatic hydroxyl groups is 1. The molecule has 2 fully saturated rings. The van der Waals surface area contributed by atoms with E-state index in [1.807, 2.05) is 18.0 Å². The van der Waals surface area contributed by atoms with Gasteiger partial charge in [-0.1, -0.05) is 0 Å². The number of piperazine rings is 1. The van der Waals surface area contributed by atoms with Gasteiger partial charge >= 0.3 is 0 Å². The molecule has 7 nitrogen and oxygen atoms in total. The van der Waals surface area contributed by atoms with E-state index in [2.05, 4.69) is 19.8 Å². The molecule has 0 saturated carbocycles. The van der Waals surface area contributed by atoms with Gasteiger partial charge in [-0.25, -0.2) is 0 Å². The van der Waals surface area contributed by atoms with Crippen LogP contribution in [0.5, 0.6) is 0 Å². The first-order valence-electron chi connectivity index (χ1n) is 9.27. The highest BCUT2D eigenvalue weighted by Gasteiger charge is 2.27. The van der Waals surface area contributed by atoms with Gasteiger partial charge in [-0.2, -0.15) is 0 Å². The Morgan fingerprint density at radius 3 is 2.68 bits per heavy atom. The van der Waals surface area contributed by atoms with Crippen LogP contribution in [0.1, 0.15) is 30.1 Å². The minimum absolute atomic E-state index is 0.204. The number of amides is 1. The maximum atomic E-state index is 12.7. The molecule has 1 aromatic rings. The summed E-state index contributed by atoms with van der Waals surface area (Å²) in [6, 6.07) is 0. The van der Waals surface area contributed by atoms with Crippen LogP contribution >= 0.6 is 0 Å². The van der Waals surface area contributed by atoms with Gasteiger partial charge in [0.05, 0.1) is 24.5 Å². The van der Waals surface area contributed by atoms with Crippen molar-refractivity contribution >= 4 is 5.91 Å². The van der Waals surface area contributed by atoms with Crippen molar-refractivity contribution in [2.24, 2.45) is 0 Å². The number of hydrogen-bond donors (Lipinski definition) is 1. The van der Waals surface area contributed by atoms with Crippen molar-refractivity contribution in [2.75, 3.05) is 59.0 Å². The fourth-order valence-electron chi connectivity index (χ4n) is 3.73. The molecule has 2 saturated heterocycles. The summed E-state index contributed by atoms with van der Waals surface area (Å²) < 4.78 is 0. The summed E-state index contributed by atoms with van der Waals surface area (Å²) in [5.74, 6) is 0.521. The molecule has 138 valence electrons. The highest BCUT2D eigenvalue weighted by molar-refractivity contribution is 5.78. The van der Waals surface area contributed by atoms with Crippen LogP contribution in [0.25, 0.3) is 0 Å². The zero-order valence-corrected chi connectivity index (χ0v) is 15.1. The fourth-order valence-corrected chi connectivity index (χ4v) is 3.73. The average molecular weight is 347 g/mol. The van der Waals surface area contributed by atoms with Crippen molar-refractivity contribution in [1.82, 2.24) is 24.7 Å². The number of aromatic nitrogens is 2. The lowest BCUT2D eigenvalue weighted by Gasteiger charge is -2.37. The summed E-state index contributed by atoms with van der Waals surface area (Å²) in [4.78, 5) is 28.0. The fraction of sp³-hybridized carbons (Fsp3) is 0.722. The molecule has 0 radical (unpaired) electrons. The number of rotatable bonds is 5. The van der Waals surface area contributed by atoms with E-state index in [0.29, 0.717) is 12.5 Å². The summed E-state index contributed by atoms with van der Waals surface area (Å²) in [6.07, 6.45) is 5.70. The minimum Gasteiger partial charge on any atom is -0.395 e. The Labute approximate surface area is 149 Å². The number of nitrogens with zero attached hydrogens (tertiary/aromatic N) is 5. The van der Waals surface area contributed by atoms with E-state index in [-0.39, 0.29) is 12.5 Å². The molecule has 3 rings (SSSR count). The molecule has 0 aliphatic carbocycles. The van der Waals surface area contributed by atoms with E-state index in [1.54, 1.807) is 6.20 Å². The monoisotopic (exact) mass is 347 g/mol. The Morgan fingerprint density at radius 1 is 1.20 bits per heavy atom. The van der Waals surface area contributed by atoms with Crippen LogP contribution < -0.4 is 0 Å². The predicted molar refractivity (Wildman–Crippen MR) is 95.3 cm³/mol. The molecular weight excluding hydrogens is 318 g/mol. The quantitative estimate of drug-likeness (QED) is 0.815. The van der Waals surface area contributed by atoms with Crippen LogP contribution in [0, 0.1) is 6.92 Å². The van der Waals surface area contributed by atoms with E-state index < -0.39 is 0 Å². The Balaban J connectivity index is 1.50. The van der Waals surface area contributed by atoms with Crippen LogP contribution in [0.4, 0.5) is 0 Å². The molecule has 3 heterocycles. The highest BCUT2D eigenvalue weighted by atomic mass is 16.3. The summed E-state index contributed by atoms with van der Waals surface area (Å²) >= 11 is 0. The Morgan fingerprint density at radius 2 is 1.96 bits per heavy atom. The maximum Gasteiger partial charge on any atom is 0.236 e. The van der Waals surface area contributed by atoms with Gasteiger partial charge in [-0.15, -0.1) is 0 Å². The normalized spacial score (nSPS) is 23.0. The second kappa shape index (κ2) is 8.69. The number of aryl methyl sites for hydroxylation is 1. The molecule has 1 aromatic heterocycles. The van der Waals surface area contributed by atoms with E-state index in [0.717, 1.165) is 70.0 Å². The molecule has 1 N–H and O–H groups in total. The molecule has 7 heteroatoms. The first-order chi connectivity index (χ1) is 12.2. The van der Waals surface area contributed by atoms with Gasteiger partial charge in [-0.3, -0.25) is 24.6 Å². The third-order valence-electron chi connectivity index (χ3n) is 5.21. The molecule has 0 spiro atoms. The van der Waals surface area contributed by atoms with Crippen LogP contribution in [-0.4, -0.2) is 94.6 Å². The van der Waals surface area contributed by atoms with Crippen LogP contribution in [-0.2, 0) is 4.79 Å². The number of likely N-dealkylation sites (tertiary alicyclic amines) is 1. The predicted octanol–water partition coefficient (Wildman–Crippen LogP) is 0.101. The number of piperidine rings is 1. The van der Waals surface area contributed by atoms with Gasteiger partial charge < -0.3 is 10.0 Å². The van der Waals surface area contributed by atoms with Crippen molar-refractivity contribution in [3.8, 4) is 0 Å². The standard InChI is InChI=1S/C18H29N5O2/c1-15-11-19-12-17(20-15)16-3-2-4-23(13-16)18(25)14-22-7-5-21(6-8-22)9-10-24/h11-12,16,24H,2-10,13-14H2,1H3/t16-/m1/s1. The molecule has 0 bridgehead atoms. The van der Waals surface area contributed by atoms with Crippen molar-refractivity contribution in [2.45, 2.75) is 25.7 Å². The summed E-state index contributed by atoms with van der Waals surface area (Å²) in [6.45, 7) is 8.63. The second-order valence-corrected chi connectivity index (χ2v) is 7.11. The zero-order valence-electron chi connectivity index (χ0n) is 15.1. The molecular formula is C18H29N5O2. The zero-order chi connectivity index (χ0) is 17.6. The summed E-state index contributed by atoms with van der Waals surface area (Å²) in [5, 5.41) is 9.01. The first-order valence-corrected chi connectivity index (χ1v) is 9.27. The number of β-amino-alcohol motifs (C(OH)–C–C–N with tert-alkyl or cyclic N) is 1. The van der Waals surface area contributed by atoms with E-state index >= 15 is 0 Å². The third kappa shape index (κ3) is 4.96. The Bertz CT molecular complexity index is 574. The number of hydrogen-bond acceptors (Lipinski definition) is 6. The van der Waals surface area contributed by atoms with Gasteiger partial charge in [0.1, 0.15) is 0 Å². The molecule has 2 aliphatic rings. The highest BCUT2D eigenvalue weighted by Crippen LogP contribution is 2.25. The van der Waals surface area contributed by atoms with Crippen LogP contribution in [0.2, 0.25) is 0 Å².